The molecule has 0 heterocycles. The molecule has 1 atom stereocenters. The molecule has 0 saturated carbocycles. The average Bonchev–Trinajstić information content (AvgIpc) is 2.03. The molecule has 0 radical (unpaired) electrons. The van der Waals surface area contributed by atoms with E-state index in [1.807, 2.05) is 0 Å². The van der Waals surface area contributed by atoms with Gasteiger partial charge in [0, 0.05) is 5.92 Å². The molecule has 0 aromatic rings. The number of aliphatic hydroxyl groups excluding tert-OH is 2. The fraction of sp³-hybridized carbons (Fsp3) is 0.857. The summed E-state index contributed by atoms with van der Waals surface area (Å²) in [5.74, 6) is -0.406. The van der Waals surface area contributed by atoms with Gasteiger partial charge in [0.05, 0.1) is 6.61 Å². The molecular weight excluding hydrogens is 162 g/mol. The van der Waals surface area contributed by atoms with E-state index in [-0.39, 0.29) is 25.0 Å². The summed E-state index contributed by atoms with van der Waals surface area (Å²) in [4.78, 5) is 15.4. The van der Waals surface area contributed by atoms with E-state index in [0.717, 1.165) is 0 Å². The molecule has 0 bridgehead atoms. The van der Waals surface area contributed by atoms with Gasteiger partial charge in [0.25, 0.3) is 0 Å². The van der Waals surface area contributed by atoms with Crippen LogP contribution in [0.1, 0.15) is 13.8 Å². The Bertz CT molecular complexity index is 137. The number of carbonyl (C=O) groups is 1. The number of rotatable bonds is 5. The van der Waals surface area contributed by atoms with Gasteiger partial charge in [-0.25, -0.2) is 5.48 Å². The molecule has 0 rings (SSSR count). The highest BCUT2D eigenvalue weighted by molar-refractivity contribution is 5.76. The van der Waals surface area contributed by atoms with Crippen LogP contribution in [0.25, 0.3) is 0 Å². The Hall–Kier alpha value is -0.650. The number of carbonyl (C=O) groups excluding carboxylic acids is 1. The van der Waals surface area contributed by atoms with Crippen molar-refractivity contribution in [2.45, 2.75) is 20.0 Å². The molecule has 5 heteroatoms. The fourth-order valence-corrected chi connectivity index (χ4v) is 0.380. The molecule has 0 aliphatic carbocycles. The highest BCUT2D eigenvalue weighted by Gasteiger charge is 2.07. The molecule has 0 fully saturated rings. The maximum absolute atomic E-state index is 10.8. The first-order chi connectivity index (χ1) is 5.57. The van der Waals surface area contributed by atoms with Crippen LogP contribution in [0, 0.1) is 5.92 Å². The molecular formula is C7H15NO4. The Morgan fingerprint density at radius 2 is 2.17 bits per heavy atom. The van der Waals surface area contributed by atoms with Crippen LogP contribution in [0.15, 0.2) is 0 Å². The summed E-state index contributed by atoms with van der Waals surface area (Å²) in [5.41, 5.74) is 2.14. The van der Waals surface area contributed by atoms with Gasteiger partial charge in [0.15, 0.2) is 0 Å². The van der Waals surface area contributed by atoms with Crippen LogP contribution in [0.5, 0.6) is 0 Å². The van der Waals surface area contributed by atoms with E-state index in [1.165, 1.54) is 0 Å². The number of hydroxylamine groups is 1. The summed E-state index contributed by atoms with van der Waals surface area (Å²) in [5, 5.41) is 17.1. The summed E-state index contributed by atoms with van der Waals surface area (Å²) < 4.78 is 0. The van der Waals surface area contributed by atoms with Crippen LogP contribution in [0.2, 0.25) is 0 Å². The van der Waals surface area contributed by atoms with Crippen molar-refractivity contribution in [2.75, 3.05) is 13.2 Å². The quantitative estimate of drug-likeness (QED) is 0.473. The first kappa shape index (κ1) is 11.4. The second-order valence-electron chi connectivity index (χ2n) is 2.77. The lowest BCUT2D eigenvalue weighted by atomic mass is 10.2. The molecule has 0 aromatic carbocycles. The fourth-order valence-electron chi connectivity index (χ4n) is 0.380. The monoisotopic (exact) mass is 177 g/mol. The first-order valence-electron chi connectivity index (χ1n) is 3.78. The summed E-state index contributed by atoms with van der Waals surface area (Å²) in [6.07, 6.45) is -0.947. The van der Waals surface area contributed by atoms with E-state index in [9.17, 15) is 4.79 Å². The van der Waals surface area contributed by atoms with Crippen LogP contribution in [-0.4, -0.2) is 35.4 Å². The maximum Gasteiger partial charge on any atom is 0.246 e. The van der Waals surface area contributed by atoms with Crippen LogP contribution >= 0.6 is 0 Å². The van der Waals surface area contributed by atoms with Crippen molar-refractivity contribution in [1.29, 1.82) is 0 Å². The van der Waals surface area contributed by atoms with E-state index < -0.39 is 6.10 Å². The molecule has 12 heavy (non-hydrogen) atoms. The van der Waals surface area contributed by atoms with Crippen LogP contribution in [-0.2, 0) is 9.63 Å². The summed E-state index contributed by atoms with van der Waals surface area (Å²) in [6.45, 7) is 2.97. The first-order valence-corrected chi connectivity index (χ1v) is 3.78. The Morgan fingerprint density at radius 1 is 1.58 bits per heavy atom. The van der Waals surface area contributed by atoms with Gasteiger partial charge in [-0.05, 0) is 0 Å². The molecule has 0 aliphatic rings. The molecule has 0 unspecified atom stereocenters. The third kappa shape index (κ3) is 5.06. The second-order valence-corrected chi connectivity index (χ2v) is 2.77. The zero-order valence-electron chi connectivity index (χ0n) is 7.28. The van der Waals surface area contributed by atoms with Gasteiger partial charge in [-0.2, -0.15) is 0 Å². The minimum atomic E-state index is -0.947. The Labute approximate surface area is 71.3 Å². The SMILES string of the molecule is CC(C)C(=O)NOC[C@H](O)CO. The topological polar surface area (TPSA) is 78.8 Å². The lowest BCUT2D eigenvalue weighted by Crippen LogP contribution is -2.32. The van der Waals surface area contributed by atoms with Crippen LogP contribution < -0.4 is 5.48 Å². The van der Waals surface area contributed by atoms with Crippen molar-refractivity contribution >= 4 is 5.91 Å². The van der Waals surface area contributed by atoms with Crippen molar-refractivity contribution in [3.63, 3.8) is 0 Å². The van der Waals surface area contributed by atoms with E-state index in [2.05, 4.69) is 10.3 Å². The minimum Gasteiger partial charge on any atom is -0.394 e. The third-order valence-corrected chi connectivity index (χ3v) is 1.18. The standard InChI is InChI=1S/C7H15NO4/c1-5(2)7(11)8-12-4-6(10)3-9/h5-6,9-10H,3-4H2,1-2H3,(H,8,11)/t6-/m1/s1. The largest absolute Gasteiger partial charge is 0.394 e. The molecule has 72 valence electrons. The van der Waals surface area contributed by atoms with Gasteiger partial charge < -0.3 is 10.2 Å². The highest BCUT2D eigenvalue weighted by Crippen LogP contribution is 1.90. The van der Waals surface area contributed by atoms with Gasteiger partial charge >= 0.3 is 0 Å². The van der Waals surface area contributed by atoms with Crippen molar-refractivity contribution in [1.82, 2.24) is 5.48 Å². The minimum absolute atomic E-state index is 0.102. The lowest BCUT2D eigenvalue weighted by Gasteiger charge is -2.09. The normalized spacial score (nSPS) is 13.1. The van der Waals surface area contributed by atoms with Crippen molar-refractivity contribution < 1.29 is 19.8 Å². The van der Waals surface area contributed by atoms with Gasteiger partial charge in [0.1, 0.15) is 12.7 Å². The molecule has 0 aromatic heterocycles. The van der Waals surface area contributed by atoms with Crippen molar-refractivity contribution in [2.24, 2.45) is 5.92 Å². The van der Waals surface area contributed by atoms with Crippen molar-refractivity contribution in [3.05, 3.63) is 0 Å². The second kappa shape index (κ2) is 5.93. The molecule has 1 amide bonds. The number of hydrogen-bond donors (Lipinski definition) is 3. The number of hydrogen-bond acceptors (Lipinski definition) is 4. The zero-order chi connectivity index (χ0) is 9.56. The Balaban J connectivity index is 3.37. The van der Waals surface area contributed by atoms with Crippen LogP contribution in [0.3, 0.4) is 0 Å². The van der Waals surface area contributed by atoms with E-state index in [4.69, 9.17) is 10.2 Å². The molecule has 0 saturated heterocycles. The van der Waals surface area contributed by atoms with Gasteiger partial charge in [-0.15, -0.1) is 0 Å². The van der Waals surface area contributed by atoms with E-state index >= 15 is 0 Å². The summed E-state index contributed by atoms with van der Waals surface area (Å²) >= 11 is 0. The smallest absolute Gasteiger partial charge is 0.246 e. The number of aliphatic hydroxyl groups is 2. The predicted octanol–water partition coefficient (Wildman–Crippen LogP) is -0.957. The van der Waals surface area contributed by atoms with Gasteiger partial charge in [-0.1, -0.05) is 13.8 Å². The molecule has 3 N–H and O–H groups in total. The van der Waals surface area contributed by atoms with Crippen molar-refractivity contribution in [3.8, 4) is 0 Å². The third-order valence-electron chi connectivity index (χ3n) is 1.18. The van der Waals surface area contributed by atoms with Crippen LogP contribution in [0.4, 0.5) is 0 Å². The zero-order valence-corrected chi connectivity index (χ0v) is 7.28. The van der Waals surface area contributed by atoms with Gasteiger partial charge in [-0.3, -0.25) is 9.63 Å². The average molecular weight is 177 g/mol. The summed E-state index contributed by atoms with van der Waals surface area (Å²) in [6, 6.07) is 0. The highest BCUT2D eigenvalue weighted by atomic mass is 16.7. The Morgan fingerprint density at radius 3 is 2.58 bits per heavy atom. The predicted molar refractivity (Wildman–Crippen MR) is 42.0 cm³/mol. The number of nitrogens with one attached hydrogen (secondary N) is 1. The van der Waals surface area contributed by atoms with E-state index in [0.29, 0.717) is 0 Å². The van der Waals surface area contributed by atoms with Gasteiger partial charge in [0.2, 0.25) is 5.91 Å². The summed E-state index contributed by atoms with van der Waals surface area (Å²) in [7, 11) is 0. The lowest BCUT2D eigenvalue weighted by molar-refractivity contribution is -0.139. The Kier molecular flexibility index (Phi) is 5.61. The molecule has 0 spiro atoms. The van der Waals surface area contributed by atoms with E-state index in [1.54, 1.807) is 13.8 Å². The molecule has 5 nitrogen and oxygen atoms in total. The molecule has 0 aliphatic heterocycles. The maximum atomic E-state index is 10.8. The number of amides is 1.